The molecule has 2 saturated heterocycles. The van der Waals surface area contributed by atoms with Gasteiger partial charge in [0, 0.05) is 55.7 Å². The first-order chi connectivity index (χ1) is 16.4. The number of nitrogens with zero attached hydrogens (tertiary/aromatic N) is 7. The Morgan fingerprint density at radius 3 is 2.85 bits per heavy atom. The van der Waals surface area contributed by atoms with Crippen LogP contribution in [0.15, 0.2) is 52.1 Å². The van der Waals surface area contributed by atoms with Crippen molar-refractivity contribution in [2.45, 2.75) is 31.1 Å². The lowest BCUT2D eigenvalue weighted by Gasteiger charge is -2.44. The quantitative estimate of drug-likeness (QED) is 0.614. The molecule has 0 radical (unpaired) electrons. The van der Waals surface area contributed by atoms with Crippen molar-refractivity contribution in [3.05, 3.63) is 48.0 Å². The Balaban J connectivity index is 1.65. The molecule has 3 aliphatic rings. The summed E-state index contributed by atoms with van der Waals surface area (Å²) >= 11 is 0. The van der Waals surface area contributed by atoms with Crippen molar-refractivity contribution in [3.63, 3.8) is 0 Å². The standard InChI is InChI=1S/C22H26F3N9/c1-28-11-17(32-8-6-29-19(14-32)22(23,24)25)21-30-5-4-20(31-21)33-12-16-3-2-7-34(16)18(13-33)15(9-26)10-27/h4-6,9-11,14,16,18,26H,1-3,7-8,12-13,27H2/b15-10+,17-11-,26-9?. The minimum atomic E-state index is -4.58. The first-order valence-electron chi connectivity index (χ1n) is 10.9. The van der Waals surface area contributed by atoms with Gasteiger partial charge < -0.3 is 20.9 Å². The second kappa shape index (κ2) is 9.75. The summed E-state index contributed by atoms with van der Waals surface area (Å²) < 4.78 is 39.6. The van der Waals surface area contributed by atoms with Crippen LogP contribution in [-0.4, -0.2) is 83.4 Å². The predicted molar refractivity (Wildman–Crippen MR) is 126 cm³/mol. The van der Waals surface area contributed by atoms with Gasteiger partial charge in [0.2, 0.25) is 0 Å². The zero-order valence-corrected chi connectivity index (χ0v) is 18.5. The highest BCUT2D eigenvalue weighted by atomic mass is 19.4. The highest BCUT2D eigenvalue weighted by Crippen LogP contribution is 2.32. The fourth-order valence-corrected chi connectivity index (χ4v) is 4.62. The SMILES string of the molecule is C=N/C=C(/c1nccc(N2CC3CCCN3C(/C(C=N)=C/N)C2)n1)N1C=C(C(F)(F)F)N=CC1. The van der Waals surface area contributed by atoms with Crippen molar-refractivity contribution in [2.24, 2.45) is 15.7 Å². The molecule has 1 aromatic heterocycles. The van der Waals surface area contributed by atoms with Gasteiger partial charge in [-0.3, -0.25) is 14.9 Å². The van der Waals surface area contributed by atoms with Crippen molar-refractivity contribution in [3.8, 4) is 0 Å². The fourth-order valence-electron chi connectivity index (χ4n) is 4.62. The van der Waals surface area contributed by atoms with Gasteiger partial charge in [-0.05, 0) is 32.2 Å². The van der Waals surface area contributed by atoms with Crippen LogP contribution in [0.1, 0.15) is 18.7 Å². The molecule has 2 unspecified atom stereocenters. The third-order valence-corrected chi connectivity index (χ3v) is 6.19. The molecule has 2 atom stereocenters. The molecule has 2 fully saturated rings. The Kier molecular flexibility index (Phi) is 6.77. The second-order valence-electron chi connectivity index (χ2n) is 8.18. The number of hydrogen-bond acceptors (Lipinski definition) is 9. The van der Waals surface area contributed by atoms with Crippen molar-refractivity contribution in [1.29, 1.82) is 5.41 Å². The lowest BCUT2D eigenvalue weighted by atomic mass is 10.0. The van der Waals surface area contributed by atoms with Crippen LogP contribution in [0.25, 0.3) is 5.70 Å². The summed E-state index contributed by atoms with van der Waals surface area (Å²) in [6.07, 6.45) is 5.30. The van der Waals surface area contributed by atoms with Gasteiger partial charge in [0.1, 0.15) is 11.5 Å². The van der Waals surface area contributed by atoms with E-state index in [4.69, 9.17) is 11.1 Å². The van der Waals surface area contributed by atoms with E-state index < -0.39 is 11.9 Å². The maximum Gasteiger partial charge on any atom is 0.434 e. The molecule has 0 aromatic carbocycles. The molecule has 34 heavy (non-hydrogen) atoms. The third kappa shape index (κ3) is 4.72. The molecular weight excluding hydrogens is 447 g/mol. The first kappa shape index (κ1) is 23.6. The van der Waals surface area contributed by atoms with Crippen molar-refractivity contribution in [2.75, 3.05) is 31.1 Å². The Hall–Kier alpha value is -3.54. The molecule has 180 valence electrons. The maximum absolute atomic E-state index is 13.2. The minimum absolute atomic E-state index is 0.0393. The zero-order valence-electron chi connectivity index (χ0n) is 18.5. The Morgan fingerprint density at radius 2 is 2.15 bits per heavy atom. The lowest BCUT2D eigenvalue weighted by Crippen LogP contribution is -2.57. The van der Waals surface area contributed by atoms with E-state index in [1.807, 2.05) is 0 Å². The fraction of sp³-hybridized carbons (Fsp3) is 0.409. The number of aliphatic imine (C=N–C) groups is 2. The number of nitrogens with two attached hydrogens (primary N) is 1. The normalized spacial score (nSPS) is 24.1. The molecule has 0 amide bonds. The van der Waals surface area contributed by atoms with E-state index in [0.29, 0.717) is 18.4 Å². The molecular formula is C22H26F3N9. The number of hydrogen-bond donors (Lipinski definition) is 2. The van der Waals surface area contributed by atoms with Crippen LogP contribution >= 0.6 is 0 Å². The smallest absolute Gasteiger partial charge is 0.404 e. The number of fused-ring (bicyclic) bond motifs is 1. The van der Waals surface area contributed by atoms with Crippen LogP contribution < -0.4 is 10.6 Å². The summed E-state index contributed by atoms with van der Waals surface area (Å²) in [7, 11) is 0. The van der Waals surface area contributed by atoms with Crippen LogP contribution in [0, 0.1) is 5.41 Å². The molecule has 1 aromatic rings. The average Bonchev–Trinajstić information content (AvgIpc) is 3.32. The highest BCUT2D eigenvalue weighted by Gasteiger charge is 2.39. The van der Waals surface area contributed by atoms with Gasteiger partial charge >= 0.3 is 6.18 Å². The van der Waals surface area contributed by atoms with Crippen molar-refractivity contribution in [1.82, 2.24) is 19.8 Å². The molecule has 9 nitrogen and oxygen atoms in total. The highest BCUT2D eigenvalue weighted by molar-refractivity contribution is 5.77. The lowest BCUT2D eigenvalue weighted by molar-refractivity contribution is -0.0934. The Bertz CT molecular complexity index is 1060. The van der Waals surface area contributed by atoms with Crippen molar-refractivity contribution < 1.29 is 13.2 Å². The summed E-state index contributed by atoms with van der Waals surface area (Å²) in [4.78, 5) is 22.0. The predicted octanol–water partition coefficient (Wildman–Crippen LogP) is 2.41. The molecule has 3 aliphatic heterocycles. The van der Waals surface area contributed by atoms with Crippen LogP contribution in [0.5, 0.6) is 0 Å². The summed E-state index contributed by atoms with van der Waals surface area (Å²) in [5.41, 5.74) is 5.79. The number of allylic oxidation sites excluding steroid dienone is 1. The van der Waals surface area contributed by atoms with Gasteiger partial charge in [0.25, 0.3) is 0 Å². The van der Waals surface area contributed by atoms with Crippen LogP contribution in [0.3, 0.4) is 0 Å². The van der Waals surface area contributed by atoms with Crippen molar-refractivity contribution >= 4 is 30.7 Å². The van der Waals surface area contributed by atoms with E-state index in [9.17, 15) is 13.2 Å². The maximum atomic E-state index is 13.2. The molecule has 4 heterocycles. The van der Waals surface area contributed by atoms with E-state index in [2.05, 4.69) is 36.5 Å². The minimum Gasteiger partial charge on any atom is -0.404 e. The summed E-state index contributed by atoms with van der Waals surface area (Å²) in [5, 5.41) is 7.76. The van der Waals surface area contributed by atoms with Crippen LogP contribution in [-0.2, 0) is 0 Å². The van der Waals surface area contributed by atoms with E-state index in [0.717, 1.165) is 37.7 Å². The van der Waals surface area contributed by atoms with Gasteiger partial charge in [0.05, 0.1) is 18.8 Å². The molecule has 12 heteroatoms. The number of rotatable bonds is 6. The number of anilines is 1. The summed E-state index contributed by atoms with van der Waals surface area (Å²) in [6.45, 7) is 5.84. The van der Waals surface area contributed by atoms with Crippen LogP contribution in [0.2, 0.25) is 0 Å². The van der Waals surface area contributed by atoms with E-state index in [1.54, 1.807) is 12.3 Å². The number of nitrogens with one attached hydrogen (secondary N) is 1. The molecule has 0 spiro atoms. The van der Waals surface area contributed by atoms with Gasteiger partial charge in [-0.25, -0.2) is 9.97 Å². The number of halogens is 3. The molecule has 0 bridgehead atoms. The van der Waals surface area contributed by atoms with Gasteiger partial charge in [-0.1, -0.05) is 0 Å². The molecule has 0 saturated carbocycles. The summed E-state index contributed by atoms with van der Waals surface area (Å²) in [5.74, 6) is 0.869. The largest absolute Gasteiger partial charge is 0.434 e. The molecule has 3 N–H and O–H groups in total. The van der Waals surface area contributed by atoms with Crippen LogP contribution in [0.4, 0.5) is 19.0 Å². The van der Waals surface area contributed by atoms with E-state index in [1.165, 1.54) is 29.7 Å². The third-order valence-electron chi connectivity index (χ3n) is 6.19. The first-order valence-corrected chi connectivity index (χ1v) is 10.9. The van der Waals surface area contributed by atoms with E-state index >= 15 is 0 Å². The summed E-state index contributed by atoms with van der Waals surface area (Å²) in [6, 6.07) is 2.03. The average molecular weight is 474 g/mol. The van der Waals surface area contributed by atoms with Gasteiger partial charge in [0.15, 0.2) is 11.5 Å². The Morgan fingerprint density at radius 1 is 1.32 bits per heavy atom. The van der Waals surface area contributed by atoms with Gasteiger partial charge in [-0.15, -0.1) is 0 Å². The topological polar surface area (TPSA) is 110 Å². The number of piperazine rings is 1. The second-order valence-corrected chi connectivity index (χ2v) is 8.18. The monoisotopic (exact) mass is 473 g/mol. The zero-order chi connectivity index (χ0) is 24.3. The van der Waals surface area contributed by atoms with E-state index in [-0.39, 0.29) is 24.1 Å². The molecule has 0 aliphatic carbocycles. The number of alkyl halides is 3. The number of aromatic nitrogens is 2. The van der Waals surface area contributed by atoms with Gasteiger partial charge in [-0.2, -0.15) is 13.2 Å². The Labute approximate surface area is 195 Å². The molecule has 4 rings (SSSR count).